The SMILES string of the molecule is COCCO[C@H](C)C(=O)N1CCC[C@H]1c1noc(C)n1. The minimum absolute atomic E-state index is 0.0361. The molecule has 0 unspecified atom stereocenters. The van der Waals surface area contributed by atoms with Gasteiger partial charge in [0.2, 0.25) is 5.89 Å². The number of hydrogen-bond donors (Lipinski definition) is 0. The van der Waals surface area contributed by atoms with Gasteiger partial charge in [0.1, 0.15) is 6.10 Å². The van der Waals surface area contributed by atoms with Crippen LogP contribution in [0.1, 0.15) is 37.5 Å². The molecule has 1 aromatic rings. The van der Waals surface area contributed by atoms with E-state index in [4.69, 9.17) is 14.0 Å². The second kappa shape index (κ2) is 6.81. The van der Waals surface area contributed by atoms with Crippen molar-refractivity contribution in [2.24, 2.45) is 0 Å². The summed E-state index contributed by atoms with van der Waals surface area (Å²) >= 11 is 0. The van der Waals surface area contributed by atoms with Crippen LogP contribution in [0.5, 0.6) is 0 Å². The maximum atomic E-state index is 12.4. The summed E-state index contributed by atoms with van der Waals surface area (Å²) in [5.41, 5.74) is 0. The Labute approximate surface area is 118 Å². The molecule has 1 amide bonds. The van der Waals surface area contributed by atoms with E-state index in [2.05, 4.69) is 10.1 Å². The second-order valence-corrected chi connectivity index (χ2v) is 4.87. The molecule has 0 N–H and O–H groups in total. The number of ether oxygens (including phenoxy) is 2. The number of hydrogen-bond acceptors (Lipinski definition) is 6. The van der Waals surface area contributed by atoms with E-state index in [1.54, 1.807) is 25.9 Å². The van der Waals surface area contributed by atoms with Gasteiger partial charge in [-0.1, -0.05) is 5.16 Å². The summed E-state index contributed by atoms with van der Waals surface area (Å²) in [6, 6.07) is -0.103. The third-order valence-corrected chi connectivity index (χ3v) is 3.38. The zero-order valence-corrected chi connectivity index (χ0v) is 12.2. The van der Waals surface area contributed by atoms with Crippen molar-refractivity contribution in [2.45, 2.75) is 38.8 Å². The molecule has 7 nitrogen and oxygen atoms in total. The van der Waals surface area contributed by atoms with Crippen molar-refractivity contribution in [3.63, 3.8) is 0 Å². The highest BCUT2D eigenvalue weighted by molar-refractivity contribution is 5.81. The first-order valence-electron chi connectivity index (χ1n) is 6.84. The fourth-order valence-electron chi connectivity index (χ4n) is 2.36. The Hall–Kier alpha value is -1.47. The molecule has 2 heterocycles. The van der Waals surface area contributed by atoms with Crippen LogP contribution >= 0.6 is 0 Å². The van der Waals surface area contributed by atoms with Gasteiger partial charge in [0, 0.05) is 20.6 Å². The maximum absolute atomic E-state index is 12.4. The van der Waals surface area contributed by atoms with Crippen LogP contribution in [0.4, 0.5) is 0 Å². The normalized spacial score (nSPS) is 20.4. The van der Waals surface area contributed by atoms with Crippen molar-refractivity contribution in [1.29, 1.82) is 0 Å². The first-order chi connectivity index (χ1) is 9.63. The summed E-state index contributed by atoms with van der Waals surface area (Å²) in [4.78, 5) is 18.4. The van der Waals surface area contributed by atoms with Crippen molar-refractivity contribution in [2.75, 3.05) is 26.9 Å². The van der Waals surface area contributed by atoms with Crippen molar-refractivity contribution >= 4 is 5.91 Å². The van der Waals surface area contributed by atoms with Crippen molar-refractivity contribution < 1.29 is 18.8 Å². The number of methoxy groups -OCH3 is 1. The number of carbonyl (C=O) groups is 1. The molecule has 0 aliphatic carbocycles. The highest BCUT2D eigenvalue weighted by Gasteiger charge is 2.35. The number of likely N-dealkylation sites (tertiary alicyclic amines) is 1. The third-order valence-electron chi connectivity index (χ3n) is 3.38. The number of rotatable bonds is 6. The molecule has 1 aliphatic heterocycles. The molecular formula is C13H21N3O4. The fourth-order valence-corrected chi connectivity index (χ4v) is 2.36. The Balaban J connectivity index is 1.97. The molecule has 0 spiro atoms. The van der Waals surface area contributed by atoms with Gasteiger partial charge >= 0.3 is 0 Å². The lowest BCUT2D eigenvalue weighted by Crippen LogP contribution is -2.39. The lowest BCUT2D eigenvalue weighted by molar-refractivity contribution is -0.144. The predicted molar refractivity (Wildman–Crippen MR) is 70.0 cm³/mol. The van der Waals surface area contributed by atoms with Gasteiger partial charge in [-0.15, -0.1) is 0 Å². The monoisotopic (exact) mass is 283 g/mol. The van der Waals surface area contributed by atoms with Gasteiger partial charge in [-0.2, -0.15) is 4.98 Å². The Bertz CT molecular complexity index is 449. The number of amides is 1. The van der Waals surface area contributed by atoms with Crippen molar-refractivity contribution in [3.8, 4) is 0 Å². The predicted octanol–water partition coefficient (Wildman–Crippen LogP) is 1.09. The maximum Gasteiger partial charge on any atom is 0.252 e. The van der Waals surface area contributed by atoms with Gasteiger partial charge < -0.3 is 18.9 Å². The molecular weight excluding hydrogens is 262 g/mol. The molecule has 0 radical (unpaired) electrons. The molecule has 1 fully saturated rings. The Kier molecular flexibility index (Phi) is 5.08. The van der Waals surface area contributed by atoms with Crippen LogP contribution in [-0.2, 0) is 14.3 Å². The summed E-state index contributed by atoms with van der Waals surface area (Å²) in [5, 5.41) is 3.92. The number of aryl methyl sites for hydroxylation is 1. The third kappa shape index (κ3) is 3.34. The van der Waals surface area contributed by atoms with E-state index in [1.165, 1.54) is 0 Å². The molecule has 0 bridgehead atoms. The zero-order chi connectivity index (χ0) is 14.5. The van der Waals surface area contributed by atoms with Gasteiger partial charge in [-0.25, -0.2) is 0 Å². The Morgan fingerprint density at radius 2 is 2.35 bits per heavy atom. The summed E-state index contributed by atoms with van der Waals surface area (Å²) in [5.74, 6) is 1.06. The molecule has 1 saturated heterocycles. The van der Waals surface area contributed by atoms with Crippen LogP contribution < -0.4 is 0 Å². The van der Waals surface area contributed by atoms with E-state index in [0.717, 1.165) is 12.8 Å². The van der Waals surface area contributed by atoms with Gasteiger partial charge in [-0.05, 0) is 19.8 Å². The Morgan fingerprint density at radius 3 is 3.00 bits per heavy atom. The summed E-state index contributed by atoms with van der Waals surface area (Å²) < 4.78 is 15.4. The summed E-state index contributed by atoms with van der Waals surface area (Å²) in [6.45, 7) is 5.09. The fraction of sp³-hybridized carbons (Fsp3) is 0.769. The van der Waals surface area contributed by atoms with Crippen LogP contribution in [0.3, 0.4) is 0 Å². The number of aromatic nitrogens is 2. The molecule has 7 heteroatoms. The summed E-state index contributed by atoms with van der Waals surface area (Å²) in [7, 11) is 1.60. The quantitative estimate of drug-likeness (QED) is 0.727. The molecule has 20 heavy (non-hydrogen) atoms. The van der Waals surface area contributed by atoms with E-state index in [-0.39, 0.29) is 11.9 Å². The van der Waals surface area contributed by atoms with Gasteiger partial charge in [0.25, 0.3) is 5.91 Å². The lowest BCUT2D eigenvalue weighted by atomic mass is 10.2. The van der Waals surface area contributed by atoms with E-state index in [0.29, 0.717) is 31.5 Å². The minimum atomic E-state index is -0.487. The molecule has 0 saturated carbocycles. The van der Waals surface area contributed by atoms with E-state index in [9.17, 15) is 4.79 Å². The molecule has 1 aliphatic rings. The highest BCUT2D eigenvalue weighted by atomic mass is 16.5. The van der Waals surface area contributed by atoms with Gasteiger partial charge in [0.05, 0.1) is 19.3 Å². The molecule has 2 atom stereocenters. The van der Waals surface area contributed by atoms with Gasteiger partial charge in [-0.3, -0.25) is 4.79 Å². The smallest absolute Gasteiger partial charge is 0.252 e. The van der Waals surface area contributed by atoms with E-state index >= 15 is 0 Å². The lowest BCUT2D eigenvalue weighted by Gasteiger charge is -2.25. The standard InChI is InChI=1S/C13H21N3O4/c1-9(19-8-7-18-3)13(17)16-6-4-5-11(16)12-14-10(2)20-15-12/h9,11H,4-8H2,1-3H3/t9-,11+/m1/s1. The zero-order valence-electron chi connectivity index (χ0n) is 12.2. The molecule has 2 rings (SSSR count). The first-order valence-corrected chi connectivity index (χ1v) is 6.84. The van der Waals surface area contributed by atoms with Crippen LogP contribution in [0.25, 0.3) is 0 Å². The Morgan fingerprint density at radius 1 is 1.55 bits per heavy atom. The average molecular weight is 283 g/mol. The van der Waals surface area contributed by atoms with E-state index in [1.807, 2.05) is 0 Å². The van der Waals surface area contributed by atoms with Crippen molar-refractivity contribution in [3.05, 3.63) is 11.7 Å². The summed E-state index contributed by atoms with van der Waals surface area (Å²) in [6.07, 6.45) is 1.31. The largest absolute Gasteiger partial charge is 0.382 e. The van der Waals surface area contributed by atoms with Crippen LogP contribution in [0.2, 0.25) is 0 Å². The topological polar surface area (TPSA) is 77.7 Å². The van der Waals surface area contributed by atoms with Crippen LogP contribution in [0, 0.1) is 6.92 Å². The molecule has 0 aromatic carbocycles. The van der Waals surface area contributed by atoms with Crippen LogP contribution in [-0.4, -0.2) is 53.9 Å². The van der Waals surface area contributed by atoms with E-state index < -0.39 is 6.10 Å². The van der Waals surface area contributed by atoms with Crippen molar-refractivity contribution in [1.82, 2.24) is 15.0 Å². The molecule has 1 aromatic heterocycles. The molecule has 112 valence electrons. The highest BCUT2D eigenvalue weighted by Crippen LogP contribution is 2.30. The number of carbonyl (C=O) groups excluding carboxylic acids is 1. The number of nitrogens with zero attached hydrogens (tertiary/aromatic N) is 3. The minimum Gasteiger partial charge on any atom is -0.382 e. The average Bonchev–Trinajstić information content (AvgIpc) is 3.06. The van der Waals surface area contributed by atoms with Crippen LogP contribution in [0.15, 0.2) is 4.52 Å². The first kappa shape index (κ1) is 14.9. The van der Waals surface area contributed by atoms with Gasteiger partial charge in [0.15, 0.2) is 5.82 Å². The second-order valence-electron chi connectivity index (χ2n) is 4.87.